The number of rotatable bonds is 8. The summed E-state index contributed by atoms with van der Waals surface area (Å²) in [5.74, 6) is 0.895. The SMILES string of the molecule is COCCN(Cc1nccn1Cc1ccc(C(F)(F)F)cc1)C(=O)C1CCC1. The Bertz CT molecular complexity index is 783. The topological polar surface area (TPSA) is 47.4 Å². The van der Waals surface area contributed by atoms with Gasteiger partial charge in [-0.25, -0.2) is 4.98 Å². The minimum atomic E-state index is -4.34. The first-order valence-corrected chi connectivity index (χ1v) is 9.32. The van der Waals surface area contributed by atoms with Gasteiger partial charge in [0.2, 0.25) is 5.91 Å². The van der Waals surface area contributed by atoms with E-state index in [4.69, 9.17) is 4.74 Å². The molecule has 3 rings (SSSR count). The van der Waals surface area contributed by atoms with Crippen LogP contribution >= 0.6 is 0 Å². The molecule has 1 heterocycles. The summed E-state index contributed by atoms with van der Waals surface area (Å²) >= 11 is 0. The number of hydrogen-bond donors (Lipinski definition) is 0. The van der Waals surface area contributed by atoms with Crippen LogP contribution < -0.4 is 0 Å². The zero-order valence-electron chi connectivity index (χ0n) is 15.8. The van der Waals surface area contributed by atoms with E-state index in [2.05, 4.69) is 4.98 Å². The van der Waals surface area contributed by atoms with E-state index >= 15 is 0 Å². The number of ether oxygens (including phenoxy) is 1. The summed E-state index contributed by atoms with van der Waals surface area (Å²) in [7, 11) is 1.59. The number of methoxy groups -OCH3 is 1. The number of nitrogens with zero attached hydrogens (tertiary/aromatic N) is 3. The van der Waals surface area contributed by atoms with Gasteiger partial charge in [-0.3, -0.25) is 4.79 Å². The van der Waals surface area contributed by atoms with Crippen LogP contribution in [0, 0.1) is 5.92 Å². The number of carbonyl (C=O) groups is 1. The van der Waals surface area contributed by atoms with Crippen LogP contribution in [0.3, 0.4) is 0 Å². The number of imidazole rings is 1. The predicted octanol–water partition coefficient (Wildman–Crippen LogP) is 3.73. The van der Waals surface area contributed by atoms with Crippen LogP contribution in [0.25, 0.3) is 0 Å². The molecule has 0 radical (unpaired) electrons. The van der Waals surface area contributed by atoms with Crippen molar-refractivity contribution in [3.63, 3.8) is 0 Å². The van der Waals surface area contributed by atoms with Crippen molar-refractivity contribution < 1.29 is 22.7 Å². The lowest BCUT2D eigenvalue weighted by Crippen LogP contribution is -2.40. The van der Waals surface area contributed by atoms with Gasteiger partial charge in [0, 0.05) is 38.5 Å². The van der Waals surface area contributed by atoms with Gasteiger partial charge in [-0.2, -0.15) is 13.2 Å². The van der Waals surface area contributed by atoms with Crippen molar-refractivity contribution in [2.24, 2.45) is 5.92 Å². The van der Waals surface area contributed by atoms with E-state index in [-0.39, 0.29) is 11.8 Å². The minimum absolute atomic E-state index is 0.0789. The Balaban J connectivity index is 1.70. The molecule has 2 aromatic rings. The summed E-state index contributed by atoms with van der Waals surface area (Å²) in [5, 5.41) is 0. The molecule has 28 heavy (non-hydrogen) atoms. The van der Waals surface area contributed by atoms with E-state index in [9.17, 15) is 18.0 Å². The fraction of sp³-hybridized carbons (Fsp3) is 0.500. The Kier molecular flexibility index (Phi) is 6.39. The molecule has 1 aliphatic rings. The Labute approximate surface area is 162 Å². The summed E-state index contributed by atoms with van der Waals surface area (Å²) in [6.07, 6.45) is 1.99. The third kappa shape index (κ3) is 4.92. The Morgan fingerprint density at radius 1 is 1.29 bits per heavy atom. The van der Waals surface area contributed by atoms with Gasteiger partial charge in [0.1, 0.15) is 5.82 Å². The second kappa shape index (κ2) is 8.77. The lowest BCUT2D eigenvalue weighted by atomic mass is 9.84. The fourth-order valence-electron chi connectivity index (χ4n) is 3.18. The normalized spacial score (nSPS) is 14.7. The molecule has 0 aliphatic heterocycles. The number of alkyl halides is 3. The Morgan fingerprint density at radius 3 is 2.57 bits per heavy atom. The lowest BCUT2D eigenvalue weighted by Gasteiger charge is -2.31. The standard InChI is InChI=1S/C20H24F3N3O2/c1-28-12-11-26(19(27)16-3-2-4-16)14-18-24-9-10-25(18)13-15-5-7-17(8-6-15)20(21,22)23/h5-10,16H,2-4,11-14H2,1H3. The van der Waals surface area contributed by atoms with Gasteiger partial charge >= 0.3 is 6.18 Å². The molecule has 0 saturated heterocycles. The van der Waals surface area contributed by atoms with Crippen LogP contribution in [-0.4, -0.2) is 40.6 Å². The quantitative estimate of drug-likeness (QED) is 0.684. The fourth-order valence-corrected chi connectivity index (χ4v) is 3.18. The first-order chi connectivity index (χ1) is 13.4. The highest BCUT2D eigenvalue weighted by atomic mass is 19.4. The van der Waals surface area contributed by atoms with E-state index in [0.717, 1.165) is 37.0 Å². The third-order valence-corrected chi connectivity index (χ3v) is 5.10. The molecule has 0 atom stereocenters. The molecular weight excluding hydrogens is 371 g/mol. The van der Waals surface area contributed by atoms with Gasteiger partial charge in [-0.1, -0.05) is 18.6 Å². The van der Waals surface area contributed by atoms with Crippen molar-refractivity contribution >= 4 is 5.91 Å². The van der Waals surface area contributed by atoms with Crippen molar-refractivity contribution in [3.05, 3.63) is 53.6 Å². The molecule has 1 aromatic heterocycles. The molecular formula is C20H24F3N3O2. The number of amides is 1. The molecule has 8 heteroatoms. The smallest absolute Gasteiger partial charge is 0.383 e. The molecule has 1 amide bonds. The van der Waals surface area contributed by atoms with Crippen LogP contribution in [-0.2, 0) is 28.8 Å². The summed E-state index contributed by atoms with van der Waals surface area (Å²) in [4.78, 5) is 18.8. The molecule has 1 fully saturated rings. The van der Waals surface area contributed by atoms with E-state index in [0.29, 0.717) is 32.1 Å². The average Bonchev–Trinajstić information content (AvgIpc) is 3.03. The second-order valence-corrected chi connectivity index (χ2v) is 7.05. The number of aromatic nitrogens is 2. The van der Waals surface area contributed by atoms with E-state index in [1.54, 1.807) is 24.4 Å². The highest BCUT2D eigenvalue weighted by Gasteiger charge is 2.31. The number of halogens is 3. The molecule has 1 aliphatic carbocycles. The molecule has 0 unspecified atom stereocenters. The van der Waals surface area contributed by atoms with Gasteiger partial charge in [0.15, 0.2) is 0 Å². The van der Waals surface area contributed by atoms with Crippen LogP contribution in [0.1, 0.15) is 36.2 Å². The maximum Gasteiger partial charge on any atom is 0.416 e. The van der Waals surface area contributed by atoms with Crippen LogP contribution in [0.5, 0.6) is 0 Å². The van der Waals surface area contributed by atoms with Gasteiger partial charge in [-0.15, -0.1) is 0 Å². The Morgan fingerprint density at radius 2 is 2.00 bits per heavy atom. The van der Waals surface area contributed by atoms with Crippen LogP contribution in [0.4, 0.5) is 13.2 Å². The van der Waals surface area contributed by atoms with Crippen molar-refractivity contribution in [2.75, 3.05) is 20.3 Å². The largest absolute Gasteiger partial charge is 0.416 e. The minimum Gasteiger partial charge on any atom is -0.383 e. The maximum atomic E-state index is 12.7. The molecule has 0 bridgehead atoms. The van der Waals surface area contributed by atoms with Crippen molar-refractivity contribution in [2.45, 2.75) is 38.5 Å². The van der Waals surface area contributed by atoms with Crippen molar-refractivity contribution in [1.82, 2.24) is 14.5 Å². The molecule has 5 nitrogen and oxygen atoms in total. The van der Waals surface area contributed by atoms with Crippen LogP contribution in [0.15, 0.2) is 36.7 Å². The van der Waals surface area contributed by atoms with Crippen molar-refractivity contribution in [1.29, 1.82) is 0 Å². The van der Waals surface area contributed by atoms with Gasteiger partial charge < -0.3 is 14.2 Å². The van der Waals surface area contributed by atoms with E-state index in [1.807, 2.05) is 4.57 Å². The number of benzene rings is 1. The molecule has 152 valence electrons. The van der Waals surface area contributed by atoms with Gasteiger partial charge in [0.25, 0.3) is 0 Å². The van der Waals surface area contributed by atoms with E-state index in [1.165, 1.54) is 12.1 Å². The molecule has 1 aromatic carbocycles. The number of hydrogen-bond acceptors (Lipinski definition) is 3. The summed E-state index contributed by atoms with van der Waals surface area (Å²) in [6, 6.07) is 5.09. The first kappa shape index (κ1) is 20.4. The summed E-state index contributed by atoms with van der Waals surface area (Å²) in [6.45, 7) is 1.67. The summed E-state index contributed by atoms with van der Waals surface area (Å²) < 4.78 is 45.1. The average molecular weight is 395 g/mol. The monoisotopic (exact) mass is 395 g/mol. The van der Waals surface area contributed by atoms with Gasteiger partial charge in [-0.05, 0) is 30.5 Å². The first-order valence-electron chi connectivity index (χ1n) is 9.32. The Hall–Kier alpha value is -2.35. The zero-order chi connectivity index (χ0) is 20.1. The van der Waals surface area contributed by atoms with Crippen molar-refractivity contribution in [3.8, 4) is 0 Å². The maximum absolute atomic E-state index is 12.7. The van der Waals surface area contributed by atoms with E-state index < -0.39 is 11.7 Å². The van der Waals surface area contributed by atoms with Crippen LogP contribution in [0.2, 0.25) is 0 Å². The molecule has 0 N–H and O–H groups in total. The number of carbonyl (C=O) groups excluding carboxylic acids is 1. The highest BCUT2D eigenvalue weighted by molar-refractivity contribution is 5.79. The molecule has 0 spiro atoms. The third-order valence-electron chi connectivity index (χ3n) is 5.10. The zero-order valence-corrected chi connectivity index (χ0v) is 15.8. The lowest BCUT2D eigenvalue weighted by molar-refractivity contribution is -0.139. The summed E-state index contributed by atoms with van der Waals surface area (Å²) in [5.41, 5.74) is 0.0694. The van der Waals surface area contributed by atoms with Gasteiger partial charge in [0.05, 0.1) is 18.7 Å². The molecule has 1 saturated carbocycles. The second-order valence-electron chi connectivity index (χ2n) is 7.05. The highest BCUT2D eigenvalue weighted by Crippen LogP contribution is 2.30. The predicted molar refractivity (Wildman–Crippen MR) is 97.4 cm³/mol.